The topological polar surface area (TPSA) is 56.8 Å². The van der Waals surface area contributed by atoms with Crippen molar-refractivity contribution in [2.45, 2.75) is 32.7 Å². The van der Waals surface area contributed by atoms with E-state index in [4.69, 9.17) is 14.2 Å². The third-order valence-corrected chi connectivity index (χ3v) is 4.12. The van der Waals surface area contributed by atoms with E-state index in [1.54, 1.807) is 14.2 Å². The number of rotatable bonds is 9. The van der Waals surface area contributed by atoms with Crippen molar-refractivity contribution in [3.63, 3.8) is 0 Å². The molecule has 0 unspecified atom stereocenters. The molecule has 0 aliphatic rings. The molecule has 1 N–H and O–H groups in total. The molecule has 0 bridgehead atoms. The molecule has 5 heteroatoms. The van der Waals surface area contributed by atoms with Crippen molar-refractivity contribution in [3.05, 3.63) is 53.6 Å². The Balaban J connectivity index is 1.80. The van der Waals surface area contributed by atoms with Crippen LogP contribution in [-0.2, 0) is 4.79 Å². The van der Waals surface area contributed by atoms with Gasteiger partial charge in [-0.1, -0.05) is 17.7 Å². The van der Waals surface area contributed by atoms with Gasteiger partial charge in [0.15, 0.2) is 0 Å². The number of hydrogen-bond acceptors (Lipinski definition) is 4. The number of amides is 1. The van der Waals surface area contributed by atoms with Gasteiger partial charge in [-0.2, -0.15) is 0 Å². The second kappa shape index (κ2) is 9.70. The Morgan fingerprint density at radius 3 is 2.38 bits per heavy atom. The molecule has 140 valence electrons. The molecule has 0 spiro atoms. The van der Waals surface area contributed by atoms with Crippen LogP contribution in [0.2, 0.25) is 0 Å². The first-order chi connectivity index (χ1) is 12.5. The lowest BCUT2D eigenvalue weighted by molar-refractivity contribution is -0.121. The highest BCUT2D eigenvalue weighted by molar-refractivity contribution is 5.76. The Morgan fingerprint density at radius 1 is 1.04 bits per heavy atom. The van der Waals surface area contributed by atoms with Gasteiger partial charge in [-0.25, -0.2) is 0 Å². The van der Waals surface area contributed by atoms with Crippen LogP contribution in [0, 0.1) is 6.92 Å². The number of hydrogen-bond donors (Lipinski definition) is 1. The summed E-state index contributed by atoms with van der Waals surface area (Å²) in [6, 6.07) is 13.3. The van der Waals surface area contributed by atoms with E-state index in [-0.39, 0.29) is 11.9 Å². The molecular formula is C21H27NO4. The van der Waals surface area contributed by atoms with E-state index in [1.807, 2.05) is 56.3 Å². The Labute approximate surface area is 155 Å². The zero-order valence-electron chi connectivity index (χ0n) is 15.9. The van der Waals surface area contributed by atoms with Crippen molar-refractivity contribution in [2.24, 2.45) is 0 Å². The molecule has 1 amide bonds. The van der Waals surface area contributed by atoms with Crippen molar-refractivity contribution >= 4 is 5.91 Å². The highest BCUT2D eigenvalue weighted by Gasteiger charge is 2.15. The summed E-state index contributed by atoms with van der Waals surface area (Å²) in [5.41, 5.74) is 2.08. The van der Waals surface area contributed by atoms with Crippen molar-refractivity contribution < 1.29 is 19.0 Å². The van der Waals surface area contributed by atoms with Gasteiger partial charge >= 0.3 is 0 Å². The van der Waals surface area contributed by atoms with Crippen LogP contribution in [0.3, 0.4) is 0 Å². The lowest BCUT2D eigenvalue weighted by Crippen LogP contribution is -2.27. The quantitative estimate of drug-likeness (QED) is 0.688. The first-order valence-corrected chi connectivity index (χ1v) is 8.74. The van der Waals surface area contributed by atoms with E-state index in [1.165, 1.54) is 5.56 Å². The fraction of sp³-hybridized carbons (Fsp3) is 0.381. The lowest BCUT2D eigenvalue weighted by atomic mass is 10.1. The standard InChI is InChI=1S/C21H27NO4/c1-15-7-9-17(10-8-15)26-13-5-6-21(23)22-16(2)19-14-18(24-3)11-12-20(19)25-4/h7-12,14,16H,5-6,13H2,1-4H3,(H,22,23)/t16-/m0/s1. The molecule has 0 aliphatic carbocycles. The molecule has 26 heavy (non-hydrogen) atoms. The third kappa shape index (κ3) is 5.69. The van der Waals surface area contributed by atoms with Gasteiger partial charge < -0.3 is 19.5 Å². The lowest BCUT2D eigenvalue weighted by Gasteiger charge is -2.18. The SMILES string of the molecule is COc1ccc(OC)c([C@H](C)NC(=O)CCCOc2ccc(C)cc2)c1. The largest absolute Gasteiger partial charge is 0.497 e. The average molecular weight is 357 g/mol. The molecule has 5 nitrogen and oxygen atoms in total. The van der Waals surface area contributed by atoms with E-state index in [9.17, 15) is 4.79 Å². The van der Waals surface area contributed by atoms with Crippen LogP contribution in [0.5, 0.6) is 17.2 Å². The summed E-state index contributed by atoms with van der Waals surface area (Å²) in [6.45, 7) is 4.47. The summed E-state index contributed by atoms with van der Waals surface area (Å²) >= 11 is 0. The molecular weight excluding hydrogens is 330 g/mol. The minimum Gasteiger partial charge on any atom is -0.497 e. The van der Waals surface area contributed by atoms with Gasteiger partial charge in [0.2, 0.25) is 5.91 Å². The van der Waals surface area contributed by atoms with Crippen molar-refractivity contribution in [3.8, 4) is 17.2 Å². The fourth-order valence-corrected chi connectivity index (χ4v) is 2.63. The molecule has 1 atom stereocenters. The Morgan fingerprint density at radius 2 is 1.73 bits per heavy atom. The maximum Gasteiger partial charge on any atom is 0.220 e. The molecule has 0 radical (unpaired) electrons. The van der Waals surface area contributed by atoms with Gasteiger partial charge in [-0.3, -0.25) is 4.79 Å². The van der Waals surface area contributed by atoms with Gasteiger partial charge in [0.05, 0.1) is 26.9 Å². The van der Waals surface area contributed by atoms with Gasteiger partial charge in [-0.15, -0.1) is 0 Å². The first-order valence-electron chi connectivity index (χ1n) is 8.74. The second-order valence-corrected chi connectivity index (χ2v) is 6.16. The predicted octanol–water partition coefficient (Wildman–Crippen LogP) is 4.05. The summed E-state index contributed by atoms with van der Waals surface area (Å²) in [7, 11) is 3.23. The summed E-state index contributed by atoms with van der Waals surface area (Å²) < 4.78 is 16.3. The number of aryl methyl sites for hydroxylation is 1. The summed E-state index contributed by atoms with van der Waals surface area (Å²) in [4.78, 5) is 12.2. The summed E-state index contributed by atoms with van der Waals surface area (Å²) in [6.07, 6.45) is 1.06. The van der Waals surface area contributed by atoms with Crippen LogP contribution in [-0.4, -0.2) is 26.7 Å². The normalized spacial score (nSPS) is 11.5. The molecule has 0 saturated carbocycles. The minimum atomic E-state index is -0.175. The Bertz CT molecular complexity index is 712. The monoisotopic (exact) mass is 357 g/mol. The van der Waals surface area contributed by atoms with Crippen LogP contribution in [0.1, 0.15) is 36.9 Å². The summed E-state index contributed by atoms with van der Waals surface area (Å²) in [5, 5.41) is 3.00. The molecule has 2 aromatic carbocycles. The van der Waals surface area contributed by atoms with Gasteiger partial charge in [0.1, 0.15) is 17.2 Å². The molecule has 0 heterocycles. The van der Waals surface area contributed by atoms with E-state index in [0.717, 1.165) is 22.8 Å². The highest BCUT2D eigenvalue weighted by Crippen LogP contribution is 2.29. The van der Waals surface area contributed by atoms with Crippen LogP contribution in [0.25, 0.3) is 0 Å². The van der Waals surface area contributed by atoms with Crippen LogP contribution in [0.4, 0.5) is 0 Å². The van der Waals surface area contributed by atoms with Crippen LogP contribution >= 0.6 is 0 Å². The van der Waals surface area contributed by atoms with E-state index < -0.39 is 0 Å². The number of methoxy groups -OCH3 is 2. The maximum atomic E-state index is 12.2. The number of benzene rings is 2. The molecule has 2 rings (SSSR count). The summed E-state index contributed by atoms with van der Waals surface area (Å²) in [5.74, 6) is 2.26. The van der Waals surface area contributed by atoms with Crippen molar-refractivity contribution in [1.29, 1.82) is 0 Å². The molecule has 0 fully saturated rings. The van der Waals surface area contributed by atoms with E-state index in [0.29, 0.717) is 19.4 Å². The number of carbonyl (C=O) groups excluding carboxylic acids is 1. The van der Waals surface area contributed by atoms with Gasteiger partial charge in [0.25, 0.3) is 0 Å². The fourth-order valence-electron chi connectivity index (χ4n) is 2.63. The first kappa shape index (κ1) is 19.6. The smallest absolute Gasteiger partial charge is 0.220 e. The highest BCUT2D eigenvalue weighted by atomic mass is 16.5. The van der Waals surface area contributed by atoms with Gasteiger partial charge in [-0.05, 0) is 50.6 Å². The van der Waals surface area contributed by atoms with Gasteiger partial charge in [0, 0.05) is 12.0 Å². The molecule has 0 aromatic heterocycles. The number of ether oxygens (including phenoxy) is 3. The minimum absolute atomic E-state index is 0.0186. The van der Waals surface area contributed by atoms with E-state index in [2.05, 4.69) is 5.32 Å². The van der Waals surface area contributed by atoms with Crippen LogP contribution < -0.4 is 19.5 Å². The number of carbonyl (C=O) groups is 1. The Hall–Kier alpha value is -2.69. The predicted molar refractivity (Wildman–Crippen MR) is 102 cm³/mol. The zero-order valence-corrected chi connectivity index (χ0v) is 15.9. The molecule has 0 saturated heterocycles. The molecule has 2 aromatic rings. The second-order valence-electron chi connectivity index (χ2n) is 6.16. The van der Waals surface area contributed by atoms with Crippen LogP contribution in [0.15, 0.2) is 42.5 Å². The number of nitrogens with one attached hydrogen (secondary N) is 1. The van der Waals surface area contributed by atoms with E-state index >= 15 is 0 Å². The van der Waals surface area contributed by atoms with Crippen molar-refractivity contribution in [2.75, 3.05) is 20.8 Å². The Kier molecular flexibility index (Phi) is 7.33. The molecule has 0 aliphatic heterocycles. The maximum absolute atomic E-state index is 12.2. The third-order valence-electron chi connectivity index (χ3n) is 4.12. The average Bonchev–Trinajstić information content (AvgIpc) is 2.66. The zero-order chi connectivity index (χ0) is 18.9. The van der Waals surface area contributed by atoms with Crippen molar-refractivity contribution in [1.82, 2.24) is 5.32 Å².